The van der Waals surface area contributed by atoms with E-state index < -0.39 is 0 Å². The minimum Gasteiger partial charge on any atom is -0.383 e. The highest BCUT2D eigenvalue weighted by Gasteiger charge is 2.30. The number of para-hydroxylation sites is 1. The van der Waals surface area contributed by atoms with E-state index in [1.807, 2.05) is 10.7 Å². The van der Waals surface area contributed by atoms with Gasteiger partial charge >= 0.3 is 0 Å². The molecular weight excluding hydrogens is 448 g/mol. The SMILES string of the molecule is CCN1CCCC1CNC(=O)c1nn(CCOC)c2c1CN(Cc1nc3ccccc3s1)CC2. The van der Waals surface area contributed by atoms with E-state index in [1.54, 1.807) is 18.4 Å². The Hall–Kier alpha value is -2.33. The molecule has 0 bridgehead atoms. The van der Waals surface area contributed by atoms with Crippen molar-refractivity contribution in [1.29, 1.82) is 0 Å². The van der Waals surface area contributed by atoms with Gasteiger partial charge in [0.15, 0.2) is 5.69 Å². The molecule has 0 aliphatic carbocycles. The highest BCUT2D eigenvalue weighted by molar-refractivity contribution is 7.18. The summed E-state index contributed by atoms with van der Waals surface area (Å²) >= 11 is 1.75. The topological polar surface area (TPSA) is 75.5 Å². The molecule has 2 aromatic heterocycles. The first-order valence-electron chi connectivity index (χ1n) is 12.3. The number of thiazole rings is 1. The number of likely N-dealkylation sites (tertiary alicyclic amines) is 1. The zero-order valence-corrected chi connectivity index (χ0v) is 20.9. The molecule has 4 heterocycles. The normalized spacial score (nSPS) is 19.1. The minimum absolute atomic E-state index is 0.0581. The first kappa shape index (κ1) is 23.4. The third-order valence-corrected chi connectivity index (χ3v) is 8.06. The largest absolute Gasteiger partial charge is 0.383 e. The van der Waals surface area contributed by atoms with Gasteiger partial charge in [-0.15, -0.1) is 11.3 Å². The summed E-state index contributed by atoms with van der Waals surface area (Å²) in [5.74, 6) is -0.0581. The van der Waals surface area contributed by atoms with Crippen LogP contribution >= 0.6 is 11.3 Å². The number of likely N-dealkylation sites (N-methyl/N-ethyl adjacent to an activating group) is 1. The van der Waals surface area contributed by atoms with Crippen molar-refractivity contribution in [2.24, 2.45) is 0 Å². The van der Waals surface area contributed by atoms with Crippen molar-refractivity contribution >= 4 is 27.5 Å². The quantitative estimate of drug-likeness (QED) is 0.506. The van der Waals surface area contributed by atoms with Crippen LogP contribution in [0.25, 0.3) is 10.2 Å². The van der Waals surface area contributed by atoms with Crippen LogP contribution in [0.4, 0.5) is 0 Å². The summed E-state index contributed by atoms with van der Waals surface area (Å²) in [6.45, 7) is 8.70. The Bertz CT molecular complexity index is 1110. The lowest BCUT2D eigenvalue weighted by atomic mass is 10.0. The molecule has 0 radical (unpaired) electrons. The molecule has 0 saturated carbocycles. The van der Waals surface area contributed by atoms with Gasteiger partial charge in [-0.2, -0.15) is 5.10 Å². The minimum atomic E-state index is -0.0581. The van der Waals surface area contributed by atoms with E-state index in [4.69, 9.17) is 14.8 Å². The summed E-state index contributed by atoms with van der Waals surface area (Å²) in [4.78, 5) is 22.9. The van der Waals surface area contributed by atoms with E-state index in [9.17, 15) is 4.79 Å². The highest BCUT2D eigenvalue weighted by Crippen LogP contribution is 2.27. The maximum Gasteiger partial charge on any atom is 0.272 e. The molecule has 1 saturated heterocycles. The molecule has 182 valence electrons. The summed E-state index contributed by atoms with van der Waals surface area (Å²) in [6.07, 6.45) is 3.22. The average molecular weight is 483 g/mol. The van der Waals surface area contributed by atoms with Crippen LogP contribution in [0.15, 0.2) is 24.3 Å². The van der Waals surface area contributed by atoms with Gasteiger partial charge in [-0.1, -0.05) is 19.1 Å². The van der Waals surface area contributed by atoms with Crippen LogP contribution in [0, 0.1) is 0 Å². The van der Waals surface area contributed by atoms with E-state index in [0.717, 1.165) is 55.1 Å². The molecule has 1 unspecified atom stereocenters. The van der Waals surface area contributed by atoms with Gasteiger partial charge in [-0.05, 0) is 38.1 Å². The average Bonchev–Trinajstić information content (AvgIpc) is 3.57. The summed E-state index contributed by atoms with van der Waals surface area (Å²) in [7, 11) is 1.70. The molecule has 34 heavy (non-hydrogen) atoms. The fraction of sp³-hybridized carbons (Fsp3) is 0.560. The molecule has 3 aromatic rings. The van der Waals surface area contributed by atoms with Gasteiger partial charge in [0.25, 0.3) is 5.91 Å². The molecular formula is C25H34N6O2S. The Kier molecular flexibility index (Phi) is 7.24. The molecule has 1 atom stereocenters. The number of aromatic nitrogens is 3. The summed E-state index contributed by atoms with van der Waals surface area (Å²) < 4.78 is 8.49. The Morgan fingerprint density at radius 3 is 3.00 bits per heavy atom. The molecule has 8 nitrogen and oxygen atoms in total. The number of rotatable bonds is 9. The number of fused-ring (bicyclic) bond motifs is 2. The van der Waals surface area contributed by atoms with Gasteiger partial charge in [0.2, 0.25) is 0 Å². The van der Waals surface area contributed by atoms with Crippen molar-refractivity contribution < 1.29 is 9.53 Å². The van der Waals surface area contributed by atoms with Gasteiger partial charge in [0.1, 0.15) is 5.01 Å². The Morgan fingerprint density at radius 2 is 2.18 bits per heavy atom. The van der Waals surface area contributed by atoms with Crippen molar-refractivity contribution in [2.45, 2.75) is 51.9 Å². The molecule has 1 fully saturated rings. The second-order valence-electron chi connectivity index (χ2n) is 9.16. The number of hydrogen-bond donors (Lipinski definition) is 1. The predicted octanol–water partition coefficient (Wildman–Crippen LogP) is 2.91. The van der Waals surface area contributed by atoms with Crippen molar-refractivity contribution in [3.8, 4) is 0 Å². The number of benzene rings is 1. The van der Waals surface area contributed by atoms with Crippen molar-refractivity contribution in [1.82, 2.24) is 29.9 Å². The molecule has 2 aliphatic rings. The van der Waals surface area contributed by atoms with Crippen LogP contribution < -0.4 is 5.32 Å². The summed E-state index contributed by atoms with van der Waals surface area (Å²) in [5, 5.41) is 9.07. The van der Waals surface area contributed by atoms with Crippen LogP contribution in [-0.2, 0) is 30.8 Å². The van der Waals surface area contributed by atoms with Crippen LogP contribution in [0.1, 0.15) is 46.5 Å². The Morgan fingerprint density at radius 1 is 1.29 bits per heavy atom. The van der Waals surface area contributed by atoms with E-state index in [1.165, 1.54) is 16.8 Å². The molecule has 9 heteroatoms. The number of nitrogens with one attached hydrogen (secondary N) is 1. The van der Waals surface area contributed by atoms with E-state index in [-0.39, 0.29) is 5.91 Å². The molecule has 1 aromatic carbocycles. The summed E-state index contributed by atoms with van der Waals surface area (Å²) in [6, 6.07) is 8.70. The lowest BCUT2D eigenvalue weighted by molar-refractivity contribution is 0.0932. The number of nitrogens with zero attached hydrogens (tertiary/aromatic N) is 5. The monoisotopic (exact) mass is 482 g/mol. The van der Waals surface area contributed by atoms with E-state index in [0.29, 0.717) is 38.0 Å². The molecule has 1 amide bonds. The standard InChI is InChI=1S/C25H34N6O2S/c1-3-30-11-6-7-18(30)15-26-25(32)24-19-16-29(12-10-21(19)31(28-24)13-14-33-2)17-23-27-20-8-4-5-9-22(20)34-23/h4-5,8-9,18H,3,6-7,10-17H2,1-2H3,(H,26,32). The van der Waals surface area contributed by atoms with E-state index >= 15 is 0 Å². The Labute approximate surface area is 204 Å². The fourth-order valence-electron chi connectivity index (χ4n) is 5.24. The van der Waals surface area contributed by atoms with E-state index in [2.05, 4.69) is 40.2 Å². The first-order chi connectivity index (χ1) is 16.7. The van der Waals surface area contributed by atoms with Gasteiger partial charge in [-0.25, -0.2) is 4.98 Å². The Balaban J connectivity index is 1.32. The van der Waals surface area contributed by atoms with Crippen LogP contribution in [0.3, 0.4) is 0 Å². The third-order valence-electron chi connectivity index (χ3n) is 7.04. The van der Waals surface area contributed by atoms with Crippen LogP contribution in [-0.4, -0.2) is 76.4 Å². The van der Waals surface area contributed by atoms with Gasteiger partial charge in [-0.3, -0.25) is 19.3 Å². The van der Waals surface area contributed by atoms with Crippen molar-refractivity contribution in [3.05, 3.63) is 46.2 Å². The fourth-order valence-corrected chi connectivity index (χ4v) is 6.25. The number of ether oxygens (including phenoxy) is 1. The molecule has 5 rings (SSSR count). The highest BCUT2D eigenvalue weighted by atomic mass is 32.1. The predicted molar refractivity (Wildman–Crippen MR) is 134 cm³/mol. The lowest BCUT2D eigenvalue weighted by Gasteiger charge is -2.27. The second kappa shape index (κ2) is 10.5. The third kappa shape index (κ3) is 4.88. The maximum atomic E-state index is 13.3. The lowest BCUT2D eigenvalue weighted by Crippen LogP contribution is -2.40. The smallest absolute Gasteiger partial charge is 0.272 e. The number of carbonyl (C=O) groups excluding carboxylic acids is 1. The number of hydrogen-bond acceptors (Lipinski definition) is 7. The zero-order valence-electron chi connectivity index (χ0n) is 20.1. The van der Waals surface area contributed by atoms with Crippen LogP contribution in [0.5, 0.6) is 0 Å². The number of amides is 1. The molecule has 1 N–H and O–H groups in total. The van der Waals surface area contributed by atoms with Crippen molar-refractivity contribution in [3.63, 3.8) is 0 Å². The van der Waals surface area contributed by atoms with Gasteiger partial charge in [0, 0.05) is 50.5 Å². The van der Waals surface area contributed by atoms with Crippen molar-refractivity contribution in [2.75, 3.05) is 39.9 Å². The van der Waals surface area contributed by atoms with Gasteiger partial charge < -0.3 is 10.1 Å². The maximum absolute atomic E-state index is 13.3. The first-order valence-corrected chi connectivity index (χ1v) is 13.1. The molecule has 0 spiro atoms. The summed E-state index contributed by atoms with van der Waals surface area (Å²) in [5.41, 5.74) is 3.85. The second-order valence-corrected chi connectivity index (χ2v) is 10.3. The number of methoxy groups -OCH3 is 1. The van der Waals surface area contributed by atoms with Crippen LogP contribution in [0.2, 0.25) is 0 Å². The number of carbonyl (C=O) groups is 1. The molecule has 2 aliphatic heterocycles. The van der Waals surface area contributed by atoms with Gasteiger partial charge in [0.05, 0.1) is 29.9 Å². The zero-order chi connectivity index (χ0) is 23.5.